The summed E-state index contributed by atoms with van der Waals surface area (Å²) in [5.74, 6) is -2.63. The first-order valence-electron chi connectivity index (χ1n) is 4.08. The summed E-state index contributed by atoms with van der Waals surface area (Å²) in [4.78, 5) is 22.2. The molecule has 1 aromatic rings. The van der Waals surface area contributed by atoms with Crippen LogP contribution in [0.5, 0.6) is 0 Å². The Hall–Kier alpha value is -1.30. The summed E-state index contributed by atoms with van der Waals surface area (Å²) in [6.45, 7) is 0. The maximum absolute atomic E-state index is 11.1. The number of hydrogen-bond donors (Lipinski definition) is 3. The fraction of sp³-hybridized carbons (Fsp3) is 0.111. The summed E-state index contributed by atoms with van der Waals surface area (Å²) in [6.07, 6.45) is 0. The molecular weight excluding hydrogens is 255 g/mol. The maximum atomic E-state index is 11.1. The van der Waals surface area contributed by atoms with Crippen LogP contribution < -0.4 is 11.5 Å². The number of primary amides is 2. The van der Waals surface area contributed by atoms with Crippen LogP contribution >= 0.6 is 23.2 Å². The SMILES string of the molecule is NC(=O)C(O)(C(N)=O)c1cccc(Cl)c1Cl. The lowest BCUT2D eigenvalue weighted by atomic mass is 9.92. The topological polar surface area (TPSA) is 106 Å². The third-order valence-corrected chi connectivity index (χ3v) is 2.87. The highest BCUT2D eigenvalue weighted by molar-refractivity contribution is 6.43. The molecule has 0 fully saturated rings. The lowest BCUT2D eigenvalue weighted by molar-refractivity contribution is -0.150. The number of rotatable bonds is 3. The Labute approximate surface area is 101 Å². The van der Waals surface area contributed by atoms with Gasteiger partial charge < -0.3 is 16.6 Å². The van der Waals surface area contributed by atoms with E-state index in [-0.39, 0.29) is 15.6 Å². The first-order chi connectivity index (χ1) is 7.31. The number of nitrogens with two attached hydrogens (primary N) is 2. The first kappa shape index (κ1) is 12.8. The molecule has 0 saturated heterocycles. The van der Waals surface area contributed by atoms with E-state index in [9.17, 15) is 14.7 Å². The van der Waals surface area contributed by atoms with Crippen molar-refractivity contribution in [1.29, 1.82) is 0 Å². The van der Waals surface area contributed by atoms with Gasteiger partial charge in [0.05, 0.1) is 10.0 Å². The third kappa shape index (κ3) is 1.84. The number of hydrogen-bond acceptors (Lipinski definition) is 3. The number of amides is 2. The van der Waals surface area contributed by atoms with Crippen LogP contribution in [0.2, 0.25) is 10.0 Å². The van der Waals surface area contributed by atoms with Gasteiger partial charge in [-0.3, -0.25) is 9.59 Å². The molecule has 0 radical (unpaired) electrons. The lowest BCUT2D eigenvalue weighted by Gasteiger charge is -2.22. The number of halogens is 2. The Morgan fingerprint density at radius 1 is 1.19 bits per heavy atom. The molecule has 2 amide bonds. The zero-order valence-electron chi connectivity index (χ0n) is 7.91. The highest BCUT2D eigenvalue weighted by atomic mass is 35.5. The predicted molar refractivity (Wildman–Crippen MR) is 58.7 cm³/mol. The van der Waals surface area contributed by atoms with Crippen molar-refractivity contribution < 1.29 is 14.7 Å². The first-order valence-corrected chi connectivity index (χ1v) is 4.84. The van der Waals surface area contributed by atoms with Crippen molar-refractivity contribution in [3.63, 3.8) is 0 Å². The van der Waals surface area contributed by atoms with Gasteiger partial charge in [0, 0.05) is 5.56 Å². The zero-order valence-corrected chi connectivity index (χ0v) is 9.42. The fourth-order valence-corrected chi connectivity index (χ4v) is 1.61. The van der Waals surface area contributed by atoms with Gasteiger partial charge in [-0.15, -0.1) is 0 Å². The van der Waals surface area contributed by atoms with E-state index < -0.39 is 17.4 Å². The molecule has 5 N–H and O–H groups in total. The van der Waals surface area contributed by atoms with E-state index in [2.05, 4.69) is 0 Å². The van der Waals surface area contributed by atoms with Gasteiger partial charge in [0.1, 0.15) is 0 Å². The van der Waals surface area contributed by atoms with Crippen LogP contribution in [0.15, 0.2) is 18.2 Å². The van der Waals surface area contributed by atoms with Crippen molar-refractivity contribution in [2.45, 2.75) is 5.60 Å². The summed E-state index contributed by atoms with van der Waals surface area (Å²) < 4.78 is 0. The van der Waals surface area contributed by atoms with E-state index in [1.807, 2.05) is 0 Å². The second-order valence-corrected chi connectivity index (χ2v) is 3.83. The molecular formula is C9H8Cl2N2O3. The quantitative estimate of drug-likeness (QED) is 0.675. The molecule has 0 aliphatic carbocycles. The van der Waals surface area contributed by atoms with Crippen molar-refractivity contribution >= 4 is 35.0 Å². The molecule has 0 aromatic heterocycles. The number of carbonyl (C=O) groups is 2. The zero-order chi connectivity index (χ0) is 12.5. The second kappa shape index (κ2) is 4.29. The molecule has 0 spiro atoms. The number of aliphatic hydroxyl groups is 1. The molecule has 1 rings (SSSR count). The van der Waals surface area contributed by atoms with E-state index in [1.54, 1.807) is 0 Å². The van der Waals surface area contributed by atoms with Gasteiger partial charge in [-0.2, -0.15) is 0 Å². The second-order valence-electron chi connectivity index (χ2n) is 3.04. The average Bonchev–Trinajstić information content (AvgIpc) is 2.20. The summed E-state index contributed by atoms with van der Waals surface area (Å²) in [5.41, 5.74) is 6.96. The van der Waals surface area contributed by atoms with Crippen LogP contribution in [0.3, 0.4) is 0 Å². The van der Waals surface area contributed by atoms with E-state index in [4.69, 9.17) is 34.7 Å². The van der Waals surface area contributed by atoms with E-state index >= 15 is 0 Å². The van der Waals surface area contributed by atoms with Crippen molar-refractivity contribution in [2.75, 3.05) is 0 Å². The monoisotopic (exact) mass is 262 g/mol. The van der Waals surface area contributed by atoms with Crippen molar-refractivity contribution in [3.05, 3.63) is 33.8 Å². The van der Waals surface area contributed by atoms with Gasteiger partial charge in [-0.25, -0.2) is 0 Å². The van der Waals surface area contributed by atoms with Crippen LogP contribution in [-0.2, 0) is 15.2 Å². The summed E-state index contributed by atoms with van der Waals surface area (Å²) >= 11 is 11.4. The molecule has 16 heavy (non-hydrogen) atoms. The summed E-state index contributed by atoms with van der Waals surface area (Å²) in [7, 11) is 0. The minimum absolute atomic E-state index is 0.0695. The fourth-order valence-electron chi connectivity index (χ4n) is 1.17. The van der Waals surface area contributed by atoms with Crippen LogP contribution in [0, 0.1) is 0 Å². The minimum Gasteiger partial charge on any atom is -0.368 e. The van der Waals surface area contributed by atoms with Crippen LogP contribution in [-0.4, -0.2) is 16.9 Å². The Kier molecular flexibility index (Phi) is 3.42. The van der Waals surface area contributed by atoms with Crippen LogP contribution in [0.1, 0.15) is 5.56 Å². The van der Waals surface area contributed by atoms with Gasteiger partial charge in [0.25, 0.3) is 11.8 Å². The van der Waals surface area contributed by atoms with Crippen LogP contribution in [0.4, 0.5) is 0 Å². The Bertz CT molecular complexity index is 448. The van der Waals surface area contributed by atoms with Crippen molar-refractivity contribution in [2.24, 2.45) is 11.5 Å². The van der Waals surface area contributed by atoms with E-state index in [0.717, 1.165) is 0 Å². The molecule has 5 nitrogen and oxygen atoms in total. The molecule has 0 bridgehead atoms. The smallest absolute Gasteiger partial charge is 0.264 e. The van der Waals surface area contributed by atoms with Gasteiger partial charge in [0.15, 0.2) is 0 Å². The summed E-state index contributed by atoms with van der Waals surface area (Å²) in [5, 5.41) is 9.77. The molecule has 0 heterocycles. The molecule has 86 valence electrons. The molecule has 1 aromatic carbocycles. The molecule has 0 atom stereocenters. The van der Waals surface area contributed by atoms with E-state index in [1.165, 1.54) is 18.2 Å². The minimum atomic E-state index is -2.66. The van der Waals surface area contributed by atoms with Gasteiger partial charge in [0.2, 0.25) is 5.60 Å². The lowest BCUT2D eigenvalue weighted by Crippen LogP contribution is -2.51. The maximum Gasteiger partial charge on any atom is 0.264 e. The van der Waals surface area contributed by atoms with Gasteiger partial charge in [-0.1, -0.05) is 35.3 Å². The highest BCUT2D eigenvalue weighted by Crippen LogP contribution is 2.33. The van der Waals surface area contributed by atoms with Gasteiger partial charge in [-0.05, 0) is 6.07 Å². The highest BCUT2D eigenvalue weighted by Gasteiger charge is 2.44. The van der Waals surface area contributed by atoms with Crippen molar-refractivity contribution in [3.8, 4) is 0 Å². The number of benzene rings is 1. The Morgan fingerprint density at radius 2 is 1.69 bits per heavy atom. The Balaban J connectivity index is 3.51. The summed E-state index contributed by atoms with van der Waals surface area (Å²) in [6, 6.07) is 4.07. The van der Waals surface area contributed by atoms with Crippen molar-refractivity contribution in [1.82, 2.24) is 0 Å². The molecule has 0 unspecified atom stereocenters. The third-order valence-electron chi connectivity index (χ3n) is 2.05. The standard InChI is InChI=1S/C9H8Cl2N2O3/c10-5-3-1-2-4(6(5)11)9(16,7(12)14)8(13)15/h1-3,16H,(H2,12,14)(H2,13,15). The molecule has 0 saturated carbocycles. The van der Waals surface area contributed by atoms with Gasteiger partial charge >= 0.3 is 0 Å². The molecule has 0 aliphatic heterocycles. The Morgan fingerprint density at radius 3 is 2.12 bits per heavy atom. The van der Waals surface area contributed by atoms with Crippen LogP contribution in [0.25, 0.3) is 0 Å². The molecule has 0 aliphatic rings. The molecule has 7 heteroatoms. The van der Waals surface area contributed by atoms with E-state index in [0.29, 0.717) is 0 Å². The predicted octanol–water partition coefficient (Wildman–Crippen LogP) is 0.152. The number of carbonyl (C=O) groups excluding carboxylic acids is 2. The normalized spacial score (nSPS) is 11.2. The largest absolute Gasteiger partial charge is 0.368 e. The average molecular weight is 263 g/mol.